The maximum absolute atomic E-state index is 6.19. The second-order valence-electron chi connectivity index (χ2n) is 4.38. The van der Waals surface area contributed by atoms with Gasteiger partial charge in [-0.1, -0.05) is 17.7 Å². The monoisotopic (exact) mass is 267 g/mol. The standard InChI is InChI=1S/C14H15Cl2N/c1-9-6-10(2)12-8-11(4-3-5-15)14(16)17-13(12)7-9/h6-8H,3-5H2,1-2H3. The van der Waals surface area contributed by atoms with Crippen molar-refractivity contribution in [2.45, 2.75) is 26.7 Å². The summed E-state index contributed by atoms with van der Waals surface area (Å²) in [6.45, 7) is 4.18. The van der Waals surface area contributed by atoms with Crippen LogP contribution in [0.1, 0.15) is 23.1 Å². The zero-order chi connectivity index (χ0) is 12.4. The minimum atomic E-state index is 0.604. The van der Waals surface area contributed by atoms with Crippen LogP contribution in [0.3, 0.4) is 0 Å². The summed E-state index contributed by atoms with van der Waals surface area (Å²) < 4.78 is 0. The lowest BCUT2D eigenvalue weighted by Gasteiger charge is -2.08. The number of benzene rings is 1. The van der Waals surface area contributed by atoms with E-state index in [4.69, 9.17) is 23.2 Å². The third kappa shape index (κ3) is 2.72. The van der Waals surface area contributed by atoms with Crippen molar-refractivity contribution in [2.75, 3.05) is 5.88 Å². The van der Waals surface area contributed by atoms with E-state index >= 15 is 0 Å². The molecule has 0 aliphatic carbocycles. The highest BCUT2D eigenvalue weighted by molar-refractivity contribution is 6.30. The van der Waals surface area contributed by atoms with Crippen LogP contribution in [0.4, 0.5) is 0 Å². The molecule has 1 heterocycles. The third-order valence-electron chi connectivity index (χ3n) is 2.89. The van der Waals surface area contributed by atoms with Crippen LogP contribution in [0, 0.1) is 13.8 Å². The first-order valence-corrected chi connectivity index (χ1v) is 6.65. The fourth-order valence-electron chi connectivity index (χ4n) is 2.08. The Morgan fingerprint density at radius 1 is 1.18 bits per heavy atom. The van der Waals surface area contributed by atoms with Gasteiger partial charge >= 0.3 is 0 Å². The number of alkyl halides is 1. The van der Waals surface area contributed by atoms with Crippen molar-refractivity contribution in [1.82, 2.24) is 4.98 Å². The number of aryl methyl sites for hydroxylation is 3. The molecule has 2 aromatic rings. The molecule has 2 rings (SSSR count). The summed E-state index contributed by atoms with van der Waals surface area (Å²) in [4.78, 5) is 4.47. The lowest BCUT2D eigenvalue weighted by molar-refractivity contribution is 0.924. The number of halogens is 2. The third-order valence-corrected chi connectivity index (χ3v) is 3.49. The summed E-state index contributed by atoms with van der Waals surface area (Å²) in [5.74, 6) is 0.654. The molecule has 17 heavy (non-hydrogen) atoms. The second kappa shape index (κ2) is 5.24. The van der Waals surface area contributed by atoms with E-state index < -0.39 is 0 Å². The van der Waals surface area contributed by atoms with Gasteiger partial charge in [-0.3, -0.25) is 0 Å². The van der Waals surface area contributed by atoms with Crippen LogP contribution >= 0.6 is 23.2 Å². The van der Waals surface area contributed by atoms with Gasteiger partial charge in [0.25, 0.3) is 0 Å². The Labute approximate surface area is 112 Å². The van der Waals surface area contributed by atoms with Crippen LogP contribution in [0.2, 0.25) is 5.15 Å². The first-order chi connectivity index (χ1) is 8.11. The summed E-state index contributed by atoms with van der Waals surface area (Å²) in [6.07, 6.45) is 1.82. The molecule has 0 atom stereocenters. The molecule has 1 aromatic carbocycles. The summed E-state index contributed by atoms with van der Waals surface area (Å²) >= 11 is 11.9. The first kappa shape index (κ1) is 12.7. The molecule has 0 fully saturated rings. The number of hydrogen-bond donors (Lipinski definition) is 0. The fraction of sp³-hybridized carbons (Fsp3) is 0.357. The number of rotatable bonds is 3. The van der Waals surface area contributed by atoms with E-state index in [2.05, 4.69) is 37.0 Å². The number of hydrogen-bond acceptors (Lipinski definition) is 1. The molecule has 3 heteroatoms. The molecule has 0 saturated heterocycles. The van der Waals surface area contributed by atoms with Gasteiger partial charge in [0.15, 0.2) is 0 Å². The highest BCUT2D eigenvalue weighted by Crippen LogP contribution is 2.25. The molecule has 1 aromatic heterocycles. The number of aromatic nitrogens is 1. The predicted molar refractivity (Wildman–Crippen MR) is 75.3 cm³/mol. The summed E-state index contributed by atoms with van der Waals surface area (Å²) in [5.41, 5.74) is 4.53. The lowest BCUT2D eigenvalue weighted by Crippen LogP contribution is -1.93. The van der Waals surface area contributed by atoms with Crippen LogP contribution in [-0.2, 0) is 6.42 Å². The molecule has 0 saturated carbocycles. The van der Waals surface area contributed by atoms with E-state index in [-0.39, 0.29) is 0 Å². The fourth-order valence-corrected chi connectivity index (χ4v) is 2.45. The Balaban J connectivity index is 2.55. The molecule has 0 radical (unpaired) electrons. The summed E-state index contributed by atoms with van der Waals surface area (Å²) in [7, 11) is 0. The van der Waals surface area contributed by atoms with Crippen molar-refractivity contribution in [2.24, 2.45) is 0 Å². The van der Waals surface area contributed by atoms with Gasteiger partial charge in [-0.15, -0.1) is 11.6 Å². The molecular formula is C14H15Cl2N. The summed E-state index contributed by atoms with van der Waals surface area (Å²) in [5, 5.41) is 1.79. The molecule has 0 spiro atoms. The van der Waals surface area contributed by atoms with Crippen molar-refractivity contribution in [1.29, 1.82) is 0 Å². The molecule has 0 amide bonds. The van der Waals surface area contributed by atoms with Gasteiger partial charge in [0, 0.05) is 11.3 Å². The highest BCUT2D eigenvalue weighted by atomic mass is 35.5. The maximum atomic E-state index is 6.19. The van der Waals surface area contributed by atoms with Crippen LogP contribution in [0.15, 0.2) is 18.2 Å². The molecule has 0 N–H and O–H groups in total. The number of nitrogens with zero attached hydrogens (tertiary/aromatic N) is 1. The first-order valence-electron chi connectivity index (χ1n) is 5.74. The van der Waals surface area contributed by atoms with Crippen molar-refractivity contribution in [3.63, 3.8) is 0 Å². The van der Waals surface area contributed by atoms with Crippen molar-refractivity contribution < 1.29 is 0 Å². The summed E-state index contributed by atoms with van der Waals surface area (Å²) in [6, 6.07) is 6.38. The Morgan fingerprint density at radius 2 is 1.94 bits per heavy atom. The predicted octanol–water partition coefficient (Wildman–Crippen LogP) is 4.68. The van der Waals surface area contributed by atoms with Crippen molar-refractivity contribution in [3.05, 3.63) is 40.0 Å². The van der Waals surface area contributed by atoms with E-state index in [0.717, 1.165) is 23.9 Å². The zero-order valence-corrected chi connectivity index (χ0v) is 11.6. The molecule has 0 unspecified atom stereocenters. The van der Waals surface area contributed by atoms with Gasteiger partial charge in [0.2, 0.25) is 0 Å². The smallest absolute Gasteiger partial charge is 0.132 e. The molecule has 90 valence electrons. The zero-order valence-electron chi connectivity index (χ0n) is 10.1. The van der Waals surface area contributed by atoms with Gasteiger partial charge in [-0.25, -0.2) is 4.98 Å². The van der Waals surface area contributed by atoms with E-state index in [1.54, 1.807) is 0 Å². The van der Waals surface area contributed by atoms with E-state index in [0.29, 0.717) is 11.0 Å². The maximum Gasteiger partial charge on any atom is 0.132 e. The SMILES string of the molecule is Cc1cc(C)c2cc(CCCCl)c(Cl)nc2c1. The lowest BCUT2D eigenvalue weighted by atomic mass is 10.0. The molecule has 0 aliphatic rings. The molecular weight excluding hydrogens is 253 g/mol. The van der Waals surface area contributed by atoms with Crippen LogP contribution in [0.5, 0.6) is 0 Å². The van der Waals surface area contributed by atoms with Gasteiger partial charge in [-0.2, -0.15) is 0 Å². The highest BCUT2D eigenvalue weighted by Gasteiger charge is 2.07. The Morgan fingerprint density at radius 3 is 2.65 bits per heavy atom. The number of pyridine rings is 1. The van der Waals surface area contributed by atoms with Crippen LogP contribution < -0.4 is 0 Å². The Bertz CT molecular complexity index is 549. The van der Waals surface area contributed by atoms with Gasteiger partial charge in [0.05, 0.1) is 5.52 Å². The quantitative estimate of drug-likeness (QED) is 0.582. The van der Waals surface area contributed by atoms with Crippen molar-refractivity contribution in [3.8, 4) is 0 Å². The number of fused-ring (bicyclic) bond motifs is 1. The van der Waals surface area contributed by atoms with Gasteiger partial charge in [-0.05, 0) is 55.5 Å². The Hall–Kier alpha value is -0.790. The topological polar surface area (TPSA) is 12.9 Å². The van der Waals surface area contributed by atoms with Crippen LogP contribution in [-0.4, -0.2) is 10.9 Å². The average Bonchev–Trinajstić information content (AvgIpc) is 2.26. The van der Waals surface area contributed by atoms with Gasteiger partial charge in [0.1, 0.15) is 5.15 Å². The molecule has 1 nitrogen and oxygen atoms in total. The molecule has 0 bridgehead atoms. The van der Waals surface area contributed by atoms with E-state index in [1.807, 2.05) is 0 Å². The van der Waals surface area contributed by atoms with E-state index in [1.165, 1.54) is 16.5 Å². The molecule has 0 aliphatic heterocycles. The van der Waals surface area contributed by atoms with Crippen molar-refractivity contribution >= 4 is 34.1 Å². The van der Waals surface area contributed by atoms with E-state index in [9.17, 15) is 0 Å². The minimum Gasteiger partial charge on any atom is -0.236 e. The largest absolute Gasteiger partial charge is 0.236 e. The minimum absolute atomic E-state index is 0.604. The van der Waals surface area contributed by atoms with Gasteiger partial charge < -0.3 is 0 Å². The van der Waals surface area contributed by atoms with Crippen LogP contribution in [0.25, 0.3) is 10.9 Å². The second-order valence-corrected chi connectivity index (χ2v) is 5.12. The average molecular weight is 268 g/mol. The normalized spacial score (nSPS) is 11.1. The Kier molecular flexibility index (Phi) is 3.90.